The largest absolute Gasteiger partial charge is 0.469 e. The van der Waals surface area contributed by atoms with Gasteiger partial charge in [-0.3, -0.25) is 9.59 Å². The van der Waals surface area contributed by atoms with E-state index in [1.807, 2.05) is 18.2 Å². The van der Waals surface area contributed by atoms with Crippen LogP contribution in [0.2, 0.25) is 0 Å². The SMILES string of the molecule is COC(=O)CCCC[C@H]1SC[C@@H](NC(=O)c2ccccc2)[C@H]1Cl. The molecule has 1 heterocycles. The monoisotopic (exact) mass is 355 g/mol. The van der Waals surface area contributed by atoms with Crippen LogP contribution in [0.5, 0.6) is 0 Å². The molecular formula is C17H22ClNO3S. The number of thioether (sulfide) groups is 1. The van der Waals surface area contributed by atoms with Crippen molar-refractivity contribution in [1.29, 1.82) is 0 Å². The normalized spacial score (nSPS) is 23.5. The molecule has 0 aromatic heterocycles. The molecule has 1 aliphatic rings. The fraction of sp³-hybridized carbons (Fsp3) is 0.529. The maximum atomic E-state index is 12.2. The van der Waals surface area contributed by atoms with E-state index in [1.165, 1.54) is 7.11 Å². The number of carbonyl (C=O) groups excluding carboxylic acids is 2. The number of hydrogen-bond acceptors (Lipinski definition) is 4. The molecule has 1 amide bonds. The lowest BCUT2D eigenvalue weighted by Gasteiger charge is -2.19. The van der Waals surface area contributed by atoms with E-state index < -0.39 is 0 Å². The summed E-state index contributed by atoms with van der Waals surface area (Å²) in [6, 6.07) is 9.16. The minimum atomic E-state index is -0.167. The van der Waals surface area contributed by atoms with E-state index >= 15 is 0 Å². The van der Waals surface area contributed by atoms with Gasteiger partial charge in [-0.1, -0.05) is 24.6 Å². The molecular weight excluding hydrogens is 334 g/mol. The maximum Gasteiger partial charge on any atom is 0.305 e. The molecule has 23 heavy (non-hydrogen) atoms. The predicted octanol–water partition coefficient (Wildman–Crippen LogP) is 3.24. The molecule has 0 unspecified atom stereocenters. The Kier molecular flexibility index (Phi) is 7.24. The zero-order chi connectivity index (χ0) is 16.7. The minimum Gasteiger partial charge on any atom is -0.469 e. The Balaban J connectivity index is 1.74. The third kappa shape index (κ3) is 5.43. The molecule has 3 atom stereocenters. The lowest BCUT2D eigenvalue weighted by molar-refractivity contribution is -0.140. The van der Waals surface area contributed by atoms with E-state index in [1.54, 1.807) is 23.9 Å². The standard InChI is InChI=1S/C17H22ClNO3S/c1-22-15(20)10-6-5-9-14-16(18)13(11-23-14)19-17(21)12-7-3-2-4-8-12/h2-4,7-8,13-14,16H,5-6,9-11H2,1H3,(H,19,21)/t13-,14-,16-/m1/s1. The molecule has 1 saturated heterocycles. The van der Waals surface area contributed by atoms with Gasteiger partial charge in [0, 0.05) is 23.0 Å². The summed E-state index contributed by atoms with van der Waals surface area (Å²) in [6.45, 7) is 0. The molecule has 1 N–H and O–H groups in total. The van der Waals surface area contributed by atoms with Crippen LogP contribution in [-0.2, 0) is 9.53 Å². The van der Waals surface area contributed by atoms with Gasteiger partial charge in [0.15, 0.2) is 0 Å². The van der Waals surface area contributed by atoms with Crippen LogP contribution in [0, 0.1) is 0 Å². The number of esters is 1. The summed E-state index contributed by atoms with van der Waals surface area (Å²) < 4.78 is 4.63. The molecule has 0 spiro atoms. The minimum absolute atomic E-state index is 0.0139. The number of carbonyl (C=O) groups is 2. The van der Waals surface area contributed by atoms with Gasteiger partial charge in [0.05, 0.1) is 18.5 Å². The highest BCUT2D eigenvalue weighted by atomic mass is 35.5. The zero-order valence-electron chi connectivity index (χ0n) is 13.2. The highest BCUT2D eigenvalue weighted by molar-refractivity contribution is 8.00. The Morgan fingerprint density at radius 3 is 2.74 bits per heavy atom. The first-order chi connectivity index (χ1) is 11.1. The molecule has 6 heteroatoms. The van der Waals surface area contributed by atoms with Gasteiger partial charge in [0.2, 0.25) is 0 Å². The third-order valence-corrected chi connectivity index (χ3v) is 6.20. The summed E-state index contributed by atoms with van der Waals surface area (Å²) in [5.74, 6) is 0.585. The molecule has 0 aliphatic carbocycles. The molecule has 1 aliphatic heterocycles. The van der Waals surface area contributed by atoms with Gasteiger partial charge < -0.3 is 10.1 Å². The van der Waals surface area contributed by atoms with Gasteiger partial charge in [-0.25, -0.2) is 0 Å². The number of alkyl halides is 1. The van der Waals surface area contributed by atoms with E-state index in [0.29, 0.717) is 17.2 Å². The van der Waals surface area contributed by atoms with E-state index in [2.05, 4.69) is 10.1 Å². The van der Waals surface area contributed by atoms with Gasteiger partial charge in [0.25, 0.3) is 5.91 Å². The fourth-order valence-electron chi connectivity index (χ4n) is 2.59. The number of amides is 1. The van der Waals surface area contributed by atoms with Gasteiger partial charge in [-0.2, -0.15) is 11.8 Å². The zero-order valence-corrected chi connectivity index (χ0v) is 14.7. The van der Waals surface area contributed by atoms with Crippen molar-refractivity contribution >= 4 is 35.2 Å². The Hall–Kier alpha value is -1.20. The first-order valence-electron chi connectivity index (χ1n) is 7.80. The van der Waals surface area contributed by atoms with E-state index in [9.17, 15) is 9.59 Å². The number of rotatable bonds is 7. The highest BCUT2D eigenvalue weighted by Crippen LogP contribution is 2.34. The summed E-state index contributed by atoms with van der Waals surface area (Å²) in [5.41, 5.74) is 0.655. The lowest BCUT2D eigenvalue weighted by atomic mass is 10.1. The van der Waals surface area contributed by atoms with Crippen LogP contribution >= 0.6 is 23.4 Å². The number of ether oxygens (including phenoxy) is 1. The second-order valence-electron chi connectivity index (χ2n) is 5.58. The van der Waals surface area contributed by atoms with Crippen LogP contribution in [0.3, 0.4) is 0 Å². The topological polar surface area (TPSA) is 55.4 Å². The molecule has 1 fully saturated rings. The Morgan fingerprint density at radius 2 is 2.04 bits per heavy atom. The molecule has 1 aromatic carbocycles. The van der Waals surface area contributed by atoms with Crippen molar-refractivity contribution in [2.75, 3.05) is 12.9 Å². The van der Waals surface area contributed by atoms with Crippen LogP contribution < -0.4 is 5.32 Å². The Morgan fingerprint density at radius 1 is 1.30 bits per heavy atom. The summed E-state index contributed by atoms with van der Waals surface area (Å²) in [4.78, 5) is 23.3. The first kappa shape index (κ1) is 18.1. The molecule has 1 aromatic rings. The lowest BCUT2D eigenvalue weighted by Crippen LogP contribution is -2.41. The van der Waals surface area contributed by atoms with E-state index in [4.69, 9.17) is 11.6 Å². The van der Waals surface area contributed by atoms with Crippen molar-refractivity contribution in [2.24, 2.45) is 0 Å². The number of methoxy groups -OCH3 is 1. The summed E-state index contributed by atoms with van der Waals surface area (Å²) >= 11 is 8.31. The van der Waals surface area contributed by atoms with Crippen LogP contribution in [-0.4, -0.2) is 41.4 Å². The van der Waals surface area contributed by atoms with Crippen molar-refractivity contribution in [2.45, 2.75) is 42.4 Å². The van der Waals surface area contributed by atoms with Crippen LogP contribution in [0.4, 0.5) is 0 Å². The Labute approximate surface area is 146 Å². The van der Waals surface area contributed by atoms with Crippen molar-refractivity contribution < 1.29 is 14.3 Å². The van der Waals surface area contributed by atoms with Crippen molar-refractivity contribution in [1.82, 2.24) is 5.32 Å². The molecule has 0 bridgehead atoms. The number of nitrogens with one attached hydrogen (secondary N) is 1. The van der Waals surface area contributed by atoms with Crippen molar-refractivity contribution in [3.8, 4) is 0 Å². The average molecular weight is 356 g/mol. The molecule has 0 saturated carbocycles. The summed E-state index contributed by atoms with van der Waals surface area (Å²) in [6.07, 6.45) is 3.16. The number of benzene rings is 1. The van der Waals surface area contributed by atoms with Gasteiger partial charge in [0.1, 0.15) is 0 Å². The fourth-order valence-corrected chi connectivity index (χ4v) is 4.65. The molecule has 2 rings (SSSR count). The average Bonchev–Trinajstić information content (AvgIpc) is 2.92. The number of hydrogen-bond donors (Lipinski definition) is 1. The number of unbranched alkanes of at least 4 members (excludes halogenated alkanes) is 1. The van der Waals surface area contributed by atoms with E-state index in [-0.39, 0.29) is 23.3 Å². The summed E-state index contributed by atoms with van der Waals surface area (Å²) in [5, 5.41) is 3.26. The quantitative estimate of drug-likeness (QED) is 0.463. The van der Waals surface area contributed by atoms with Gasteiger partial charge in [-0.15, -0.1) is 11.6 Å². The molecule has 0 radical (unpaired) electrons. The van der Waals surface area contributed by atoms with Gasteiger partial charge >= 0.3 is 5.97 Å². The second kappa shape index (κ2) is 9.18. The van der Waals surface area contributed by atoms with E-state index in [0.717, 1.165) is 25.0 Å². The number of halogens is 1. The molecule has 4 nitrogen and oxygen atoms in total. The van der Waals surface area contributed by atoms with Gasteiger partial charge in [-0.05, 0) is 25.0 Å². The van der Waals surface area contributed by atoms with Crippen molar-refractivity contribution in [3.63, 3.8) is 0 Å². The summed E-state index contributed by atoms with van der Waals surface area (Å²) in [7, 11) is 1.41. The van der Waals surface area contributed by atoms with Crippen LogP contribution in [0.1, 0.15) is 36.0 Å². The van der Waals surface area contributed by atoms with Crippen LogP contribution in [0.25, 0.3) is 0 Å². The Bertz CT molecular complexity index is 526. The molecule has 126 valence electrons. The van der Waals surface area contributed by atoms with Crippen LogP contribution in [0.15, 0.2) is 30.3 Å². The maximum absolute atomic E-state index is 12.2. The first-order valence-corrected chi connectivity index (χ1v) is 9.28. The smallest absolute Gasteiger partial charge is 0.305 e. The van der Waals surface area contributed by atoms with Crippen molar-refractivity contribution in [3.05, 3.63) is 35.9 Å². The second-order valence-corrected chi connectivity index (χ2v) is 7.36. The highest BCUT2D eigenvalue weighted by Gasteiger charge is 2.35. The predicted molar refractivity (Wildman–Crippen MR) is 94.1 cm³/mol. The third-order valence-electron chi connectivity index (χ3n) is 3.93.